The molecule has 2 rings (SSSR count). The van der Waals surface area contributed by atoms with Gasteiger partial charge in [-0.15, -0.1) is 0 Å². The number of hydrogen-bond acceptors (Lipinski definition) is 1. The molecule has 0 atom stereocenters. The number of anilines is 1. The number of benzene rings is 2. The first-order valence-corrected chi connectivity index (χ1v) is 7.06. The lowest BCUT2D eigenvalue weighted by Gasteiger charge is -2.14. The van der Waals surface area contributed by atoms with Gasteiger partial charge >= 0.3 is 18.4 Å². The molecule has 0 aliphatic heterocycles. The van der Waals surface area contributed by atoms with Gasteiger partial charge in [0.1, 0.15) is 0 Å². The average Bonchev–Trinajstić information content (AvgIpc) is 2.53. The van der Waals surface area contributed by atoms with Gasteiger partial charge in [-0.2, -0.15) is 26.3 Å². The van der Waals surface area contributed by atoms with Crippen LogP contribution in [-0.2, 0) is 18.9 Å². The Morgan fingerprint density at radius 2 is 1.42 bits per heavy atom. The molecule has 0 aliphatic carbocycles. The largest absolute Gasteiger partial charge is 0.419 e. The molecule has 2 amide bonds. The molecule has 0 saturated carbocycles. The van der Waals surface area contributed by atoms with Crippen LogP contribution < -0.4 is 10.6 Å². The zero-order valence-corrected chi connectivity index (χ0v) is 12.8. The number of carbonyl (C=O) groups is 1. The molecule has 0 spiro atoms. The fourth-order valence-electron chi connectivity index (χ4n) is 2.14. The predicted octanol–water partition coefficient (Wildman–Crippen LogP) is 5.19. The molecule has 0 aromatic heterocycles. The summed E-state index contributed by atoms with van der Waals surface area (Å²) in [5, 5.41) is 3.89. The lowest BCUT2D eigenvalue weighted by Crippen LogP contribution is -2.29. The minimum absolute atomic E-state index is 0.250. The van der Waals surface area contributed by atoms with Crippen molar-refractivity contribution in [2.75, 3.05) is 5.32 Å². The molecule has 10 heteroatoms. The molecule has 2 N–H and O–H groups in total. The van der Waals surface area contributed by atoms with Crippen LogP contribution in [0.4, 0.5) is 41.2 Å². The minimum Gasteiger partial charge on any atom is -0.334 e. The maximum absolute atomic E-state index is 13.8. The van der Waals surface area contributed by atoms with E-state index >= 15 is 0 Å². The van der Waals surface area contributed by atoms with E-state index in [4.69, 9.17) is 0 Å². The fourth-order valence-corrected chi connectivity index (χ4v) is 2.14. The van der Waals surface area contributed by atoms with Gasteiger partial charge in [0.05, 0.1) is 16.8 Å². The van der Waals surface area contributed by atoms with Crippen LogP contribution in [-0.4, -0.2) is 6.03 Å². The standard InChI is InChI=1S/C16H11F7N2O/c17-13-11(16(21,22)23)6-3-7-12(13)25-14(26)24-8-9-4-1-2-5-10(9)15(18,19)20/h1-7H,8H2,(H2,24,25,26). The van der Waals surface area contributed by atoms with Crippen molar-refractivity contribution in [3.8, 4) is 0 Å². The Morgan fingerprint density at radius 1 is 0.846 bits per heavy atom. The van der Waals surface area contributed by atoms with Crippen LogP contribution in [0.1, 0.15) is 16.7 Å². The third-order valence-corrected chi connectivity index (χ3v) is 3.31. The molecule has 2 aromatic rings. The maximum atomic E-state index is 13.8. The number of carbonyl (C=O) groups excluding carboxylic acids is 1. The van der Waals surface area contributed by atoms with Gasteiger partial charge in [-0.05, 0) is 23.8 Å². The quantitative estimate of drug-likeness (QED) is 0.708. The average molecular weight is 380 g/mol. The van der Waals surface area contributed by atoms with Gasteiger partial charge in [0, 0.05) is 6.54 Å². The summed E-state index contributed by atoms with van der Waals surface area (Å²) in [6.45, 7) is -0.553. The Hall–Kier alpha value is -2.78. The Bertz CT molecular complexity index is 800. The van der Waals surface area contributed by atoms with Crippen LogP contribution in [0.2, 0.25) is 0 Å². The molecule has 2 aromatic carbocycles. The van der Waals surface area contributed by atoms with Gasteiger partial charge in [-0.3, -0.25) is 0 Å². The lowest BCUT2D eigenvalue weighted by molar-refractivity contribution is -0.140. The Labute approximate surface area is 142 Å². The number of rotatable bonds is 3. The summed E-state index contributed by atoms with van der Waals surface area (Å²) < 4.78 is 90.2. The van der Waals surface area contributed by atoms with E-state index < -0.39 is 47.6 Å². The molecule has 0 unspecified atom stereocenters. The minimum atomic E-state index is -4.95. The highest BCUT2D eigenvalue weighted by atomic mass is 19.4. The van der Waals surface area contributed by atoms with Gasteiger partial charge in [0.15, 0.2) is 5.82 Å². The molecule has 0 saturated heterocycles. The predicted molar refractivity (Wildman–Crippen MR) is 78.7 cm³/mol. The first-order chi connectivity index (χ1) is 12.0. The smallest absolute Gasteiger partial charge is 0.334 e. The SMILES string of the molecule is O=C(NCc1ccccc1C(F)(F)F)Nc1cccc(C(F)(F)F)c1F. The summed E-state index contributed by atoms with van der Waals surface area (Å²) in [7, 11) is 0. The van der Waals surface area contributed by atoms with Crippen molar-refractivity contribution in [2.24, 2.45) is 0 Å². The molecule has 0 radical (unpaired) electrons. The summed E-state index contributed by atoms with van der Waals surface area (Å²) in [6, 6.07) is 5.59. The van der Waals surface area contributed by atoms with Crippen molar-refractivity contribution in [1.82, 2.24) is 5.32 Å². The number of hydrogen-bond donors (Lipinski definition) is 2. The van der Waals surface area contributed by atoms with E-state index in [-0.39, 0.29) is 5.56 Å². The molecule has 3 nitrogen and oxygen atoms in total. The number of halogens is 7. The number of amides is 2. The first-order valence-electron chi connectivity index (χ1n) is 7.06. The van der Waals surface area contributed by atoms with Gasteiger partial charge in [-0.1, -0.05) is 24.3 Å². The zero-order chi connectivity index (χ0) is 19.5. The molecule has 26 heavy (non-hydrogen) atoms. The van der Waals surface area contributed by atoms with Crippen LogP contribution in [0.5, 0.6) is 0 Å². The van der Waals surface area contributed by atoms with Gasteiger partial charge < -0.3 is 10.6 Å². The highest BCUT2D eigenvalue weighted by Gasteiger charge is 2.35. The zero-order valence-electron chi connectivity index (χ0n) is 12.8. The molecule has 140 valence electrons. The van der Waals surface area contributed by atoms with Crippen molar-refractivity contribution in [3.63, 3.8) is 0 Å². The summed E-state index contributed by atoms with van der Waals surface area (Å²) in [5.74, 6) is -1.69. The van der Waals surface area contributed by atoms with Gasteiger partial charge in [0.25, 0.3) is 0 Å². The summed E-state index contributed by atoms with van der Waals surface area (Å²) in [6.07, 6.45) is -9.59. The highest BCUT2D eigenvalue weighted by Crippen LogP contribution is 2.34. The Morgan fingerprint density at radius 3 is 2.04 bits per heavy atom. The van der Waals surface area contributed by atoms with Crippen molar-refractivity contribution in [3.05, 3.63) is 65.0 Å². The van der Waals surface area contributed by atoms with E-state index in [1.54, 1.807) is 0 Å². The Balaban J connectivity index is 2.10. The van der Waals surface area contributed by atoms with Crippen LogP contribution in [0.15, 0.2) is 42.5 Å². The Kier molecular flexibility index (Phi) is 5.43. The second kappa shape index (κ2) is 7.22. The number of nitrogens with one attached hydrogen (secondary N) is 2. The van der Waals surface area contributed by atoms with Gasteiger partial charge in [-0.25, -0.2) is 9.18 Å². The summed E-state index contributed by atoms with van der Waals surface area (Å²) in [5.41, 5.74) is -3.54. The summed E-state index contributed by atoms with van der Waals surface area (Å²) >= 11 is 0. The van der Waals surface area contributed by atoms with Gasteiger partial charge in [0.2, 0.25) is 0 Å². The van der Waals surface area contributed by atoms with Crippen molar-refractivity contribution < 1.29 is 35.5 Å². The normalized spacial score (nSPS) is 12.0. The second-order valence-corrected chi connectivity index (χ2v) is 5.13. The van der Waals surface area contributed by atoms with Crippen LogP contribution in [0.25, 0.3) is 0 Å². The summed E-state index contributed by atoms with van der Waals surface area (Å²) in [4.78, 5) is 11.7. The molecule has 0 fully saturated rings. The van der Waals surface area contributed by atoms with Crippen LogP contribution in [0.3, 0.4) is 0 Å². The fraction of sp³-hybridized carbons (Fsp3) is 0.188. The maximum Gasteiger partial charge on any atom is 0.419 e. The van der Waals surface area contributed by atoms with E-state index in [9.17, 15) is 35.5 Å². The number of urea groups is 1. The van der Waals surface area contributed by atoms with Crippen LogP contribution >= 0.6 is 0 Å². The van der Waals surface area contributed by atoms with Crippen molar-refractivity contribution >= 4 is 11.7 Å². The van der Waals surface area contributed by atoms with E-state index in [2.05, 4.69) is 0 Å². The van der Waals surface area contributed by atoms with E-state index in [1.807, 2.05) is 10.6 Å². The van der Waals surface area contributed by atoms with E-state index in [0.717, 1.165) is 24.3 Å². The molecule has 0 bridgehead atoms. The number of alkyl halides is 6. The molecule has 0 aliphatic rings. The topological polar surface area (TPSA) is 41.1 Å². The molecular formula is C16H11F7N2O. The van der Waals surface area contributed by atoms with Crippen molar-refractivity contribution in [2.45, 2.75) is 18.9 Å². The molecular weight excluding hydrogens is 369 g/mol. The highest BCUT2D eigenvalue weighted by molar-refractivity contribution is 5.89. The van der Waals surface area contributed by atoms with Crippen molar-refractivity contribution in [1.29, 1.82) is 0 Å². The van der Waals surface area contributed by atoms with E-state index in [0.29, 0.717) is 6.07 Å². The lowest BCUT2D eigenvalue weighted by atomic mass is 10.1. The second-order valence-electron chi connectivity index (χ2n) is 5.13. The first kappa shape index (κ1) is 19.5. The monoisotopic (exact) mass is 380 g/mol. The van der Waals surface area contributed by atoms with E-state index in [1.165, 1.54) is 12.1 Å². The van der Waals surface area contributed by atoms with Crippen LogP contribution in [0, 0.1) is 5.82 Å². The molecule has 0 heterocycles. The third-order valence-electron chi connectivity index (χ3n) is 3.31. The third kappa shape index (κ3) is 4.64.